The fourth-order valence-corrected chi connectivity index (χ4v) is 3.74. The average molecular weight is 384 g/mol. The van der Waals surface area contributed by atoms with E-state index in [1.165, 1.54) is 5.56 Å². The number of rotatable bonds is 3. The number of anilines is 3. The zero-order valence-corrected chi connectivity index (χ0v) is 17.1. The molecule has 0 bridgehead atoms. The summed E-state index contributed by atoms with van der Waals surface area (Å²) in [5, 5.41) is 6.39. The van der Waals surface area contributed by atoms with Gasteiger partial charge < -0.3 is 10.6 Å². The van der Waals surface area contributed by atoms with Crippen LogP contribution in [0.25, 0.3) is 0 Å². The van der Waals surface area contributed by atoms with Crippen molar-refractivity contribution in [2.24, 2.45) is 0 Å². The van der Waals surface area contributed by atoms with Crippen molar-refractivity contribution in [3.63, 3.8) is 0 Å². The molecule has 1 aliphatic rings. The molecule has 0 saturated heterocycles. The van der Waals surface area contributed by atoms with E-state index in [1.807, 2.05) is 24.3 Å². The number of nitrogens with one attached hydrogen (secondary N) is 2. The maximum atomic E-state index is 13.3. The van der Waals surface area contributed by atoms with Crippen molar-refractivity contribution in [3.8, 4) is 0 Å². The van der Waals surface area contributed by atoms with E-state index in [0.717, 1.165) is 5.69 Å². The summed E-state index contributed by atoms with van der Waals surface area (Å²) in [6.07, 6.45) is 0. The number of hydrogen-bond donors (Lipinski definition) is 2. The Morgan fingerprint density at radius 2 is 1.21 bits per heavy atom. The van der Waals surface area contributed by atoms with Crippen LogP contribution >= 0.6 is 0 Å². The van der Waals surface area contributed by atoms with Crippen LogP contribution < -0.4 is 10.6 Å². The van der Waals surface area contributed by atoms with Gasteiger partial charge in [0.05, 0.1) is 16.8 Å². The van der Waals surface area contributed by atoms with Gasteiger partial charge in [0.25, 0.3) is 0 Å². The summed E-state index contributed by atoms with van der Waals surface area (Å²) < 4.78 is 0. The van der Waals surface area contributed by atoms with Gasteiger partial charge in [-0.15, -0.1) is 0 Å². The number of fused-ring (bicyclic) bond motifs is 2. The van der Waals surface area contributed by atoms with Crippen molar-refractivity contribution in [1.29, 1.82) is 0 Å². The second-order valence-electron chi connectivity index (χ2n) is 8.32. The summed E-state index contributed by atoms with van der Waals surface area (Å²) in [5.74, 6) is -0.271. The molecule has 0 amide bonds. The highest BCUT2D eigenvalue weighted by Crippen LogP contribution is 2.37. The lowest BCUT2D eigenvalue weighted by Crippen LogP contribution is -2.23. The summed E-state index contributed by atoms with van der Waals surface area (Å²) in [5.41, 5.74) is 5.20. The first-order valence-electron chi connectivity index (χ1n) is 9.72. The van der Waals surface area contributed by atoms with Crippen LogP contribution in [0, 0.1) is 0 Å². The molecule has 146 valence electrons. The Balaban J connectivity index is 1.81. The summed E-state index contributed by atoms with van der Waals surface area (Å²) in [6.45, 7) is 6.51. The second kappa shape index (κ2) is 6.89. The Bertz CT molecular complexity index is 1120. The average Bonchev–Trinajstić information content (AvgIpc) is 2.71. The van der Waals surface area contributed by atoms with Gasteiger partial charge in [0.2, 0.25) is 0 Å². The highest BCUT2D eigenvalue weighted by atomic mass is 16.1. The van der Waals surface area contributed by atoms with Crippen molar-refractivity contribution < 1.29 is 9.59 Å². The molecular formula is C25H24N2O2. The molecule has 4 rings (SSSR count). The van der Waals surface area contributed by atoms with Gasteiger partial charge in [0.1, 0.15) is 0 Å². The molecule has 0 saturated carbocycles. The smallest absolute Gasteiger partial charge is 0.196 e. The zero-order chi connectivity index (χ0) is 20.8. The summed E-state index contributed by atoms with van der Waals surface area (Å²) in [7, 11) is 1.76. The predicted octanol–water partition coefficient (Wildman–Crippen LogP) is 5.54. The van der Waals surface area contributed by atoms with Gasteiger partial charge in [0.15, 0.2) is 11.6 Å². The third kappa shape index (κ3) is 3.21. The van der Waals surface area contributed by atoms with Crippen LogP contribution in [0.2, 0.25) is 0 Å². The highest BCUT2D eigenvalue weighted by Gasteiger charge is 2.33. The Hall–Kier alpha value is -3.40. The molecular weight excluding hydrogens is 360 g/mol. The van der Waals surface area contributed by atoms with Gasteiger partial charge >= 0.3 is 0 Å². The van der Waals surface area contributed by atoms with Crippen molar-refractivity contribution in [2.75, 3.05) is 17.7 Å². The Morgan fingerprint density at radius 3 is 1.72 bits per heavy atom. The number of carbonyl (C=O) groups excluding carboxylic acids is 2. The molecule has 0 heterocycles. The fourth-order valence-electron chi connectivity index (χ4n) is 3.74. The molecule has 4 nitrogen and oxygen atoms in total. The lowest BCUT2D eigenvalue weighted by molar-refractivity contribution is 0.0980. The Morgan fingerprint density at radius 1 is 0.690 bits per heavy atom. The number of benzene rings is 3. The first-order valence-corrected chi connectivity index (χ1v) is 9.72. The third-order valence-corrected chi connectivity index (χ3v) is 5.38. The second-order valence-corrected chi connectivity index (χ2v) is 8.32. The molecule has 0 unspecified atom stereocenters. The van der Waals surface area contributed by atoms with Crippen LogP contribution in [0.15, 0.2) is 60.7 Å². The van der Waals surface area contributed by atoms with E-state index in [1.54, 1.807) is 31.3 Å². The molecule has 29 heavy (non-hydrogen) atoms. The van der Waals surface area contributed by atoms with Crippen molar-refractivity contribution in [1.82, 2.24) is 0 Å². The van der Waals surface area contributed by atoms with Gasteiger partial charge in [-0.2, -0.15) is 0 Å². The van der Waals surface area contributed by atoms with Gasteiger partial charge in [-0.25, -0.2) is 0 Å². The monoisotopic (exact) mass is 384 g/mol. The van der Waals surface area contributed by atoms with Crippen LogP contribution in [-0.2, 0) is 5.41 Å². The van der Waals surface area contributed by atoms with Gasteiger partial charge in [-0.1, -0.05) is 57.2 Å². The molecule has 1 aliphatic carbocycles. The number of ketones is 2. The van der Waals surface area contributed by atoms with Gasteiger partial charge in [0, 0.05) is 29.5 Å². The fraction of sp³-hybridized carbons (Fsp3) is 0.200. The van der Waals surface area contributed by atoms with Crippen molar-refractivity contribution >= 4 is 28.6 Å². The molecule has 3 aromatic carbocycles. The SMILES string of the molecule is CNc1ccc(Nc2ccc(C(C)(C)C)cc2)c2c1C(=O)c1ccccc1C2=O. The molecule has 0 aliphatic heterocycles. The van der Waals surface area contributed by atoms with Crippen LogP contribution in [0.1, 0.15) is 58.2 Å². The number of hydrogen-bond acceptors (Lipinski definition) is 4. The van der Waals surface area contributed by atoms with Gasteiger partial charge in [-0.05, 0) is 35.2 Å². The maximum Gasteiger partial charge on any atom is 0.196 e. The zero-order valence-electron chi connectivity index (χ0n) is 17.1. The van der Waals surface area contributed by atoms with Crippen LogP contribution in [-0.4, -0.2) is 18.6 Å². The van der Waals surface area contributed by atoms with E-state index in [4.69, 9.17) is 0 Å². The normalized spacial score (nSPS) is 13.0. The third-order valence-electron chi connectivity index (χ3n) is 5.38. The molecule has 0 aromatic heterocycles. The maximum absolute atomic E-state index is 13.3. The minimum absolute atomic E-state index is 0.0677. The summed E-state index contributed by atoms with van der Waals surface area (Å²) >= 11 is 0. The van der Waals surface area contributed by atoms with Crippen molar-refractivity contribution in [3.05, 3.63) is 88.5 Å². The molecule has 3 aromatic rings. The van der Waals surface area contributed by atoms with Crippen LogP contribution in [0.4, 0.5) is 17.1 Å². The topological polar surface area (TPSA) is 58.2 Å². The number of carbonyl (C=O) groups is 2. The lowest BCUT2D eigenvalue weighted by Gasteiger charge is -2.23. The molecule has 0 fully saturated rings. The van der Waals surface area contributed by atoms with E-state index in [-0.39, 0.29) is 17.0 Å². The first kappa shape index (κ1) is 18.9. The lowest BCUT2D eigenvalue weighted by atomic mass is 9.82. The molecule has 0 atom stereocenters. The van der Waals surface area contributed by atoms with Crippen LogP contribution in [0.3, 0.4) is 0 Å². The van der Waals surface area contributed by atoms with Crippen molar-refractivity contribution in [2.45, 2.75) is 26.2 Å². The van der Waals surface area contributed by atoms with Gasteiger partial charge in [-0.3, -0.25) is 9.59 Å². The quantitative estimate of drug-likeness (QED) is 0.487. The van der Waals surface area contributed by atoms with Crippen LogP contribution in [0.5, 0.6) is 0 Å². The van der Waals surface area contributed by atoms with E-state index in [2.05, 4.69) is 43.5 Å². The predicted molar refractivity (Wildman–Crippen MR) is 118 cm³/mol. The molecule has 0 radical (unpaired) electrons. The Labute approximate surface area is 171 Å². The molecule has 0 spiro atoms. The van der Waals surface area contributed by atoms with E-state index < -0.39 is 0 Å². The van der Waals surface area contributed by atoms with E-state index in [0.29, 0.717) is 33.6 Å². The molecule has 4 heteroatoms. The Kier molecular flexibility index (Phi) is 4.50. The molecule has 2 N–H and O–H groups in total. The highest BCUT2D eigenvalue weighted by molar-refractivity contribution is 6.32. The minimum atomic E-state index is -0.138. The largest absolute Gasteiger partial charge is 0.388 e. The van der Waals surface area contributed by atoms with E-state index >= 15 is 0 Å². The summed E-state index contributed by atoms with van der Waals surface area (Å²) in [6, 6.07) is 18.9. The van der Waals surface area contributed by atoms with E-state index in [9.17, 15) is 9.59 Å². The standard InChI is InChI=1S/C25H24N2O2/c1-25(2,3)15-9-11-16(12-10-15)27-20-14-13-19(26-4)21-22(20)24(29)18-8-6-5-7-17(18)23(21)28/h5-14,26-27H,1-4H3. The first-order chi connectivity index (χ1) is 13.8. The summed E-state index contributed by atoms with van der Waals surface area (Å²) in [4.78, 5) is 26.5. The minimum Gasteiger partial charge on any atom is -0.388 e.